The Labute approximate surface area is 87.2 Å². The largest absolute Gasteiger partial charge is 0.326 e. The van der Waals surface area contributed by atoms with Gasteiger partial charge in [-0.3, -0.25) is 4.79 Å². The van der Waals surface area contributed by atoms with E-state index in [-0.39, 0.29) is 11.8 Å². The van der Waals surface area contributed by atoms with E-state index in [1.165, 1.54) is 0 Å². The molecular formula is C10H11ClN2O. The normalized spacial score (nSPS) is 19.4. The van der Waals surface area contributed by atoms with Gasteiger partial charge >= 0.3 is 0 Å². The van der Waals surface area contributed by atoms with E-state index in [2.05, 4.69) is 5.32 Å². The van der Waals surface area contributed by atoms with Crippen molar-refractivity contribution >= 4 is 23.2 Å². The van der Waals surface area contributed by atoms with Crippen LogP contribution in [0, 0.1) is 0 Å². The van der Waals surface area contributed by atoms with Crippen molar-refractivity contribution < 1.29 is 4.79 Å². The summed E-state index contributed by atoms with van der Waals surface area (Å²) in [6, 6.07) is 3.61. The number of amides is 1. The summed E-state index contributed by atoms with van der Waals surface area (Å²) in [5.74, 6) is -0.119. The highest BCUT2D eigenvalue weighted by Gasteiger charge is 2.28. The summed E-state index contributed by atoms with van der Waals surface area (Å²) >= 11 is 5.93. The predicted molar refractivity (Wildman–Crippen MR) is 56.4 cm³/mol. The van der Waals surface area contributed by atoms with Gasteiger partial charge in [-0.25, -0.2) is 0 Å². The van der Waals surface area contributed by atoms with Gasteiger partial charge in [0, 0.05) is 17.3 Å². The maximum absolute atomic E-state index is 11.4. The fraction of sp³-hybridized carbons (Fsp3) is 0.300. The molecule has 3 nitrogen and oxygen atoms in total. The monoisotopic (exact) mass is 210 g/mol. The van der Waals surface area contributed by atoms with Crippen molar-refractivity contribution in [1.29, 1.82) is 0 Å². The van der Waals surface area contributed by atoms with Crippen LogP contribution in [0.1, 0.15) is 24.0 Å². The van der Waals surface area contributed by atoms with Crippen molar-refractivity contribution in [3.05, 3.63) is 28.3 Å². The first-order chi connectivity index (χ1) is 6.63. The van der Waals surface area contributed by atoms with Gasteiger partial charge in [-0.05, 0) is 30.2 Å². The van der Waals surface area contributed by atoms with Crippen molar-refractivity contribution in [3.63, 3.8) is 0 Å². The van der Waals surface area contributed by atoms with E-state index >= 15 is 0 Å². The van der Waals surface area contributed by atoms with Gasteiger partial charge in [0.2, 0.25) is 5.91 Å². The molecule has 1 aliphatic rings. The Morgan fingerprint density at radius 2 is 2.29 bits per heavy atom. The van der Waals surface area contributed by atoms with E-state index in [9.17, 15) is 4.79 Å². The van der Waals surface area contributed by atoms with Gasteiger partial charge < -0.3 is 11.1 Å². The minimum atomic E-state index is -0.131. The molecule has 1 aromatic carbocycles. The number of carbonyl (C=O) groups excluding carboxylic acids is 1. The first-order valence-electron chi connectivity index (χ1n) is 4.46. The molecule has 1 atom stereocenters. The second kappa shape index (κ2) is 3.26. The quantitative estimate of drug-likeness (QED) is 0.744. The smallest absolute Gasteiger partial charge is 0.231 e. The third-order valence-electron chi connectivity index (χ3n) is 2.54. The second-order valence-electron chi connectivity index (χ2n) is 3.44. The highest BCUT2D eigenvalue weighted by Crippen LogP contribution is 2.36. The number of carbonyl (C=O) groups is 1. The summed E-state index contributed by atoms with van der Waals surface area (Å²) in [5, 5.41) is 3.45. The van der Waals surface area contributed by atoms with Crippen molar-refractivity contribution in [3.8, 4) is 0 Å². The van der Waals surface area contributed by atoms with Gasteiger partial charge in [-0.15, -0.1) is 0 Å². The maximum atomic E-state index is 11.4. The van der Waals surface area contributed by atoms with Gasteiger partial charge in [0.15, 0.2) is 0 Å². The summed E-state index contributed by atoms with van der Waals surface area (Å²) in [7, 11) is 0. The second-order valence-corrected chi connectivity index (χ2v) is 3.88. The van der Waals surface area contributed by atoms with Crippen LogP contribution < -0.4 is 11.1 Å². The zero-order chi connectivity index (χ0) is 10.3. The molecule has 1 heterocycles. The third kappa shape index (κ3) is 1.29. The number of hydrogen-bond donors (Lipinski definition) is 2. The van der Waals surface area contributed by atoms with Crippen LogP contribution in [0.15, 0.2) is 12.1 Å². The predicted octanol–water partition coefficient (Wildman–Crippen LogP) is 1.85. The number of anilines is 1. The van der Waals surface area contributed by atoms with Crippen LogP contribution in [-0.2, 0) is 11.3 Å². The van der Waals surface area contributed by atoms with Crippen LogP contribution in [0.5, 0.6) is 0 Å². The number of halogens is 1. The average Bonchev–Trinajstić information content (AvgIpc) is 2.43. The third-order valence-corrected chi connectivity index (χ3v) is 2.76. The van der Waals surface area contributed by atoms with E-state index in [1.807, 2.05) is 13.0 Å². The molecule has 3 N–H and O–H groups in total. The van der Waals surface area contributed by atoms with E-state index in [0.717, 1.165) is 16.8 Å². The van der Waals surface area contributed by atoms with Crippen molar-refractivity contribution in [2.24, 2.45) is 5.73 Å². The number of hydrogen-bond acceptors (Lipinski definition) is 2. The zero-order valence-corrected chi connectivity index (χ0v) is 8.56. The van der Waals surface area contributed by atoms with Crippen molar-refractivity contribution in [2.75, 3.05) is 5.32 Å². The Morgan fingerprint density at radius 3 is 2.93 bits per heavy atom. The Kier molecular flexibility index (Phi) is 2.21. The van der Waals surface area contributed by atoms with E-state index in [1.54, 1.807) is 6.07 Å². The molecule has 1 amide bonds. The molecule has 4 heteroatoms. The molecule has 2 rings (SSSR count). The van der Waals surface area contributed by atoms with Crippen LogP contribution in [0.2, 0.25) is 5.02 Å². The van der Waals surface area contributed by atoms with Crippen LogP contribution in [0.25, 0.3) is 0 Å². The van der Waals surface area contributed by atoms with Crippen LogP contribution in [0.3, 0.4) is 0 Å². The van der Waals surface area contributed by atoms with Gasteiger partial charge in [0.05, 0.1) is 5.92 Å². The van der Waals surface area contributed by atoms with Crippen molar-refractivity contribution in [2.45, 2.75) is 19.4 Å². The number of rotatable bonds is 1. The lowest BCUT2D eigenvalue weighted by Crippen LogP contribution is -2.09. The fourth-order valence-electron chi connectivity index (χ4n) is 1.71. The minimum absolute atomic E-state index is 0.0111. The summed E-state index contributed by atoms with van der Waals surface area (Å²) in [4.78, 5) is 11.4. The van der Waals surface area contributed by atoms with Gasteiger partial charge in [0.1, 0.15) is 0 Å². The molecule has 0 spiro atoms. The first kappa shape index (κ1) is 9.49. The standard InChI is InChI=1S/C10H11ClN2O/c1-5-8-3-7(11)2-6(4-12)9(8)13-10(5)14/h2-3,5H,4,12H2,1H3,(H,13,14). The molecule has 0 aliphatic carbocycles. The lowest BCUT2D eigenvalue weighted by Gasteiger charge is -2.07. The van der Waals surface area contributed by atoms with E-state index in [0.29, 0.717) is 11.6 Å². The molecule has 74 valence electrons. The molecule has 1 unspecified atom stereocenters. The van der Waals surface area contributed by atoms with Crippen LogP contribution in [0.4, 0.5) is 5.69 Å². The Balaban J connectivity index is 2.61. The summed E-state index contributed by atoms with van der Waals surface area (Å²) in [6.45, 7) is 2.24. The summed E-state index contributed by atoms with van der Waals surface area (Å²) in [5.41, 5.74) is 8.26. The van der Waals surface area contributed by atoms with Gasteiger partial charge in [-0.2, -0.15) is 0 Å². The van der Waals surface area contributed by atoms with E-state index < -0.39 is 0 Å². The summed E-state index contributed by atoms with van der Waals surface area (Å²) < 4.78 is 0. The molecule has 14 heavy (non-hydrogen) atoms. The number of fused-ring (bicyclic) bond motifs is 1. The summed E-state index contributed by atoms with van der Waals surface area (Å²) in [6.07, 6.45) is 0. The zero-order valence-electron chi connectivity index (χ0n) is 7.80. The van der Waals surface area contributed by atoms with Crippen LogP contribution in [-0.4, -0.2) is 5.91 Å². The van der Waals surface area contributed by atoms with Gasteiger partial charge in [-0.1, -0.05) is 11.6 Å². The van der Waals surface area contributed by atoms with Crippen LogP contribution >= 0.6 is 11.6 Å². The highest BCUT2D eigenvalue weighted by molar-refractivity contribution is 6.31. The molecule has 0 saturated heterocycles. The molecule has 0 bridgehead atoms. The topological polar surface area (TPSA) is 55.1 Å². The fourth-order valence-corrected chi connectivity index (χ4v) is 1.96. The Bertz CT molecular complexity index is 403. The lowest BCUT2D eigenvalue weighted by atomic mass is 10.0. The molecular weight excluding hydrogens is 200 g/mol. The Hall–Kier alpha value is -1.06. The Morgan fingerprint density at radius 1 is 1.57 bits per heavy atom. The van der Waals surface area contributed by atoms with Gasteiger partial charge in [0.25, 0.3) is 0 Å². The minimum Gasteiger partial charge on any atom is -0.326 e. The highest BCUT2D eigenvalue weighted by atomic mass is 35.5. The number of nitrogens with two attached hydrogens (primary N) is 1. The molecule has 1 aromatic rings. The SMILES string of the molecule is CC1C(=O)Nc2c(CN)cc(Cl)cc21. The average molecular weight is 211 g/mol. The molecule has 0 fully saturated rings. The first-order valence-corrected chi connectivity index (χ1v) is 4.84. The molecule has 1 aliphatic heterocycles. The lowest BCUT2D eigenvalue weighted by molar-refractivity contribution is -0.116. The maximum Gasteiger partial charge on any atom is 0.231 e. The number of nitrogens with one attached hydrogen (secondary N) is 1. The molecule has 0 radical (unpaired) electrons. The molecule has 0 aromatic heterocycles. The molecule has 0 saturated carbocycles. The number of benzene rings is 1. The van der Waals surface area contributed by atoms with E-state index in [4.69, 9.17) is 17.3 Å². The van der Waals surface area contributed by atoms with Crippen molar-refractivity contribution in [1.82, 2.24) is 0 Å².